The molecule has 3 rings (SSSR count). The minimum absolute atomic E-state index is 0.0868. The zero-order chi connectivity index (χ0) is 21.1. The number of methoxy groups -OCH3 is 2. The molecule has 2 heterocycles. The van der Waals surface area contributed by atoms with Gasteiger partial charge in [0.25, 0.3) is 5.56 Å². The predicted octanol–water partition coefficient (Wildman–Crippen LogP) is 3.36. The van der Waals surface area contributed by atoms with E-state index in [1.54, 1.807) is 37.0 Å². The summed E-state index contributed by atoms with van der Waals surface area (Å²) in [6, 6.07) is 6.89. The van der Waals surface area contributed by atoms with Gasteiger partial charge in [-0.1, -0.05) is 11.8 Å². The van der Waals surface area contributed by atoms with E-state index in [1.165, 1.54) is 11.8 Å². The van der Waals surface area contributed by atoms with Crippen LogP contribution in [0.25, 0.3) is 11.0 Å². The van der Waals surface area contributed by atoms with Gasteiger partial charge >= 0.3 is 0 Å². The van der Waals surface area contributed by atoms with Gasteiger partial charge < -0.3 is 19.8 Å². The maximum atomic E-state index is 12.8. The molecule has 9 heteroatoms. The normalized spacial score (nSPS) is 11.1. The molecule has 0 aliphatic carbocycles. The molecule has 29 heavy (non-hydrogen) atoms. The number of hydrogen-bond donors (Lipinski definition) is 2. The Morgan fingerprint density at radius 2 is 1.86 bits per heavy atom. The van der Waals surface area contributed by atoms with Crippen LogP contribution in [0.3, 0.4) is 0 Å². The van der Waals surface area contributed by atoms with Crippen LogP contribution in [0.5, 0.6) is 11.5 Å². The lowest BCUT2D eigenvalue weighted by Crippen LogP contribution is -2.25. The van der Waals surface area contributed by atoms with E-state index < -0.39 is 0 Å². The van der Waals surface area contributed by atoms with Crippen LogP contribution in [0, 0.1) is 6.92 Å². The average Bonchev–Trinajstić information content (AvgIpc) is 3.06. The number of nitrogens with zero attached hydrogens (tertiary/aromatic N) is 2. The first-order valence-electron chi connectivity index (χ1n) is 9.10. The Morgan fingerprint density at radius 3 is 2.45 bits per heavy atom. The highest BCUT2D eigenvalue weighted by molar-refractivity contribution is 7.99. The van der Waals surface area contributed by atoms with Gasteiger partial charge in [-0.05, 0) is 26.8 Å². The fourth-order valence-electron chi connectivity index (χ4n) is 2.95. The first-order valence-corrected chi connectivity index (χ1v) is 10.1. The molecule has 0 saturated carbocycles. The number of aromatic amines is 1. The summed E-state index contributed by atoms with van der Waals surface area (Å²) < 4.78 is 12.0. The molecule has 0 aliphatic heterocycles. The number of carbonyl (C=O) groups excluding carboxylic acids is 1. The molecule has 0 bridgehead atoms. The molecule has 0 atom stereocenters. The van der Waals surface area contributed by atoms with Crippen molar-refractivity contribution in [2.24, 2.45) is 0 Å². The smallest absolute Gasteiger partial charge is 0.278 e. The third-order valence-electron chi connectivity index (χ3n) is 4.27. The number of amides is 1. The van der Waals surface area contributed by atoms with Gasteiger partial charge in [-0.15, -0.1) is 0 Å². The quantitative estimate of drug-likeness (QED) is 0.453. The molecule has 0 spiro atoms. The fraction of sp³-hybridized carbons (Fsp3) is 0.350. The molecule has 0 fully saturated rings. The first-order chi connectivity index (χ1) is 13.8. The lowest BCUT2D eigenvalue weighted by molar-refractivity contribution is -0.113. The number of hydrogen-bond acceptors (Lipinski definition) is 6. The number of thioether (sulfide) groups is 1. The molecule has 0 saturated heterocycles. The second-order valence-corrected chi connectivity index (χ2v) is 7.76. The highest BCUT2D eigenvalue weighted by atomic mass is 32.2. The largest absolute Gasteiger partial charge is 0.497 e. The van der Waals surface area contributed by atoms with Crippen LogP contribution >= 0.6 is 11.8 Å². The number of fused-ring (bicyclic) bond motifs is 1. The summed E-state index contributed by atoms with van der Waals surface area (Å²) in [4.78, 5) is 33.0. The Morgan fingerprint density at radius 1 is 1.21 bits per heavy atom. The molecule has 0 aliphatic rings. The van der Waals surface area contributed by atoms with Crippen molar-refractivity contribution in [3.8, 4) is 11.5 Å². The summed E-state index contributed by atoms with van der Waals surface area (Å²) >= 11 is 1.22. The number of rotatable bonds is 7. The second-order valence-electron chi connectivity index (χ2n) is 6.81. The summed E-state index contributed by atoms with van der Waals surface area (Å²) in [5, 5.41) is 3.33. The fourth-order valence-corrected chi connectivity index (χ4v) is 3.88. The van der Waals surface area contributed by atoms with Gasteiger partial charge in [-0.25, -0.2) is 4.98 Å². The third-order valence-corrected chi connectivity index (χ3v) is 5.22. The monoisotopic (exact) mass is 416 g/mol. The number of nitrogens with one attached hydrogen (secondary N) is 2. The van der Waals surface area contributed by atoms with Crippen molar-refractivity contribution in [2.75, 3.05) is 25.3 Å². The Kier molecular flexibility index (Phi) is 6.17. The Labute approximate surface area is 172 Å². The number of anilines is 1. The standard InChI is InChI=1S/C20H24N4O4S/c1-11(2)24-19(26)18-16(6-12(3)21-18)23-20(24)29-10-17(25)22-13-7-14(27-4)9-15(8-13)28-5/h6-9,11,21H,10H2,1-5H3,(H,22,25). The molecule has 3 aromatic rings. The molecule has 154 valence electrons. The minimum atomic E-state index is -0.222. The zero-order valence-electron chi connectivity index (χ0n) is 17.0. The van der Waals surface area contributed by atoms with Gasteiger partial charge in [-0.3, -0.25) is 14.2 Å². The van der Waals surface area contributed by atoms with Gasteiger partial charge in [-0.2, -0.15) is 0 Å². The van der Waals surface area contributed by atoms with E-state index in [0.717, 1.165) is 5.69 Å². The average molecular weight is 417 g/mol. The van der Waals surface area contributed by atoms with E-state index in [4.69, 9.17) is 9.47 Å². The van der Waals surface area contributed by atoms with Crippen molar-refractivity contribution in [3.05, 3.63) is 40.3 Å². The predicted molar refractivity (Wildman–Crippen MR) is 114 cm³/mol. The number of aromatic nitrogens is 3. The van der Waals surface area contributed by atoms with Crippen LogP contribution in [-0.2, 0) is 4.79 Å². The molecule has 8 nitrogen and oxygen atoms in total. The highest BCUT2D eigenvalue weighted by Gasteiger charge is 2.17. The van der Waals surface area contributed by atoms with E-state index in [1.807, 2.05) is 26.8 Å². The van der Waals surface area contributed by atoms with Crippen LogP contribution in [0.15, 0.2) is 34.2 Å². The summed E-state index contributed by atoms with van der Waals surface area (Å²) in [7, 11) is 3.10. The van der Waals surface area contributed by atoms with Crippen molar-refractivity contribution in [1.29, 1.82) is 0 Å². The van der Waals surface area contributed by atoms with Crippen molar-refractivity contribution in [1.82, 2.24) is 14.5 Å². The molecule has 0 unspecified atom stereocenters. The van der Waals surface area contributed by atoms with Crippen LogP contribution in [0.4, 0.5) is 5.69 Å². The SMILES string of the molecule is COc1cc(NC(=O)CSc2nc3cc(C)[nH]c3c(=O)n2C(C)C)cc(OC)c1. The number of benzene rings is 1. The van der Waals surface area contributed by atoms with E-state index >= 15 is 0 Å². The van der Waals surface area contributed by atoms with Crippen LogP contribution in [0.2, 0.25) is 0 Å². The van der Waals surface area contributed by atoms with Gasteiger partial charge in [0.15, 0.2) is 5.16 Å². The van der Waals surface area contributed by atoms with Crippen LogP contribution in [0.1, 0.15) is 25.6 Å². The van der Waals surface area contributed by atoms with Gasteiger partial charge in [0.05, 0.1) is 25.5 Å². The minimum Gasteiger partial charge on any atom is -0.497 e. The third kappa shape index (κ3) is 4.56. The Bertz CT molecular complexity index is 1080. The lowest BCUT2D eigenvalue weighted by atomic mass is 10.2. The summed E-state index contributed by atoms with van der Waals surface area (Å²) in [5.41, 5.74) is 2.38. The van der Waals surface area contributed by atoms with Crippen molar-refractivity contribution in [3.63, 3.8) is 0 Å². The number of H-pyrrole nitrogens is 1. The Balaban J connectivity index is 1.81. The maximum Gasteiger partial charge on any atom is 0.278 e. The van der Waals surface area contributed by atoms with Gasteiger partial charge in [0.1, 0.15) is 17.0 Å². The number of carbonyl (C=O) groups is 1. The zero-order valence-corrected chi connectivity index (χ0v) is 17.8. The van der Waals surface area contributed by atoms with E-state index in [2.05, 4.69) is 15.3 Å². The first kappa shape index (κ1) is 20.8. The van der Waals surface area contributed by atoms with Gasteiger partial charge in [0.2, 0.25) is 5.91 Å². The van der Waals surface area contributed by atoms with Crippen molar-refractivity contribution < 1.29 is 14.3 Å². The van der Waals surface area contributed by atoms with E-state index in [-0.39, 0.29) is 23.3 Å². The van der Waals surface area contributed by atoms with E-state index in [0.29, 0.717) is 33.4 Å². The maximum absolute atomic E-state index is 12.8. The summed E-state index contributed by atoms with van der Waals surface area (Å²) in [6.07, 6.45) is 0. The molecular weight excluding hydrogens is 392 g/mol. The molecule has 2 N–H and O–H groups in total. The van der Waals surface area contributed by atoms with Crippen LogP contribution < -0.4 is 20.3 Å². The van der Waals surface area contributed by atoms with Crippen molar-refractivity contribution >= 4 is 34.4 Å². The summed E-state index contributed by atoms with van der Waals surface area (Å²) in [6.45, 7) is 5.71. The van der Waals surface area contributed by atoms with Gasteiger partial charge in [0, 0.05) is 35.6 Å². The molecule has 0 radical (unpaired) electrons. The number of ether oxygens (including phenoxy) is 2. The molecule has 1 amide bonds. The molecule has 1 aromatic carbocycles. The van der Waals surface area contributed by atoms with E-state index in [9.17, 15) is 9.59 Å². The van der Waals surface area contributed by atoms with Crippen LogP contribution in [-0.4, -0.2) is 40.4 Å². The summed E-state index contributed by atoms with van der Waals surface area (Å²) in [5.74, 6) is 1.04. The number of aryl methyl sites for hydroxylation is 1. The second kappa shape index (κ2) is 8.60. The Hall–Kier alpha value is -2.94. The topological polar surface area (TPSA) is 98.2 Å². The van der Waals surface area contributed by atoms with Crippen molar-refractivity contribution in [2.45, 2.75) is 32.0 Å². The lowest BCUT2D eigenvalue weighted by Gasteiger charge is -2.15. The molecule has 2 aromatic heterocycles. The highest BCUT2D eigenvalue weighted by Crippen LogP contribution is 2.26. The molecular formula is C20H24N4O4S.